The van der Waals surface area contributed by atoms with Gasteiger partial charge in [-0.3, -0.25) is 4.79 Å². The Morgan fingerprint density at radius 2 is 2.08 bits per heavy atom. The largest absolute Gasteiger partial charge is 0.365 e. The van der Waals surface area contributed by atoms with Crippen LogP contribution in [0.4, 0.5) is 5.69 Å². The molecule has 0 atom stereocenters. The second-order valence-corrected chi connectivity index (χ2v) is 6.81. The van der Waals surface area contributed by atoms with Crippen molar-refractivity contribution >= 4 is 34.4 Å². The van der Waals surface area contributed by atoms with Crippen LogP contribution in [0, 0.1) is 0 Å². The Balaban J connectivity index is 0.000000301. The monoisotopic (exact) mass is 346 g/mol. The Labute approximate surface area is 147 Å². The number of fused-ring (bicyclic) bond motifs is 1. The number of carbonyl (C=O) groups excluding carboxylic acids is 1. The van der Waals surface area contributed by atoms with Gasteiger partial charge in [0.05, 0.1) is 10.6 Å². The summed E-state index contributed by atoms with van der Waals surface area (Å²) in [6.07, 6.45) is 11.0. The Morgan fingerprint density at radius 3 is 2.75 bits per heavy atom. The number of amides is 1. The first-order chi connectivity index (χ1) is 11.7. The van der Waals surface area contributed by atoms with Gasteiger partial charge in [-0.25, -0.2) is 4.98 Å². The fourth-order valence-electron chi connectivity index (χ4n) is 2.52. The fourth-order valence-corrected chi connectivity index (χ4v) is 3.37. The van der Waals surface area contributed by atoms with Crippen LogP contribution in [0.1, 0.15) is 39.5 Å². The van der Waals surface area contributed by atoms with E-state index in [4.69, 9.17) is 5.73 Å². The van der Waals surface area contributed by atoms with E-state index in [0.717, 1.165) is 29.0 Å². The number of nitrogens with one attached hydrogen (secondary N) is 1. The van der Waals surface area contributed by atoms with E-state index in [9.17, 15) is 4.79 Å². The van der Waals surface area contributed by atoms with Crippen LogP contribution in [0.3, 0.4) is 0 Å². The maximum absolute atomic E-state index is 11.2. The van der Waals surface area contributed by atoms with Gasteiger partial charge in [0.25, 0.3) is 5.91 Å². The molecule has 5 nitrogen and oxygen atoms in total. The van der Waals surface area contributed by atoms with Gasteiger partial charge in [0, 0.05) is 36.3 Å². The minimum absolute atomic E-state index is 0.371. The molecule has 3 heterocycles. The first kappa shape index (κ1) is 18.4. The van der Waals surface area contributed by atoms with Crippen LogP contribution in [-0.2, 0) is 4.79 Å². The highest BCUT2D eigenvalue weighted by atomic mass is 32.2. The van der Waals surface area contributed by atoms with Crippen molar-refractivity contribution < 1.29 is 4.79 Å². The highest BCUT2D eigenvalue weighted by Gasteiger charge is 2.17. The van der Waals surface area contributed by atoms with E-state index >= 15 is 0 Å². The molecule has 1 aliphatic rings. The van der Waals surface area contributed by atoms with Crippen molar-refractivity contribution in [2.24, 2.45) is 5.73 Å². The number of pyridine rings is 1. The smallest absolute Gasteiger partial charge is 0.256 e. The molecule has 0 aliphatic carbocycles. The summed E-state index contributed by atoms with van der Waals surface area (Å²) in [7, 11) is 0. The molecular formula is C18H26N4OS. The van der Waals surface area contributed by atoms with E-state index in [1.807, 2.05) is 24.5 Å². The zero-order valence-corrected chi connectivity index (χ0v) is 15.2. The van der Waals surface area contributed by atoms with Gasteiger partial charge in [0.2, 0.25) is 0 Å². The van der Waals surface area contributed by atoms with E-state index in [0.29, 0.717) is 4.91 Å². The van der Waals surface area contributed by atoms with E-state index < -0.39 is 0 Å². The van der Waals surface area contributed by atoms with Crippen LogP contribution in [-0.4, -0.2) is 28.2 Å². The van der Waals surface area contributed by atoms with Gasteiger partial charge in [-0.2, -0.15) is 0 Å². The number of nitrogens with zero attached hydrogens (tertiary/aromatic N) is 2. The number of anilines is 1. The van der Waals surface area contributed by atoms with Gasteiger partial charge in [-0.1, -0.05) is 39.5 Å². The quantitative estimate of drug-likeness (QED) is 0.802. The molecule has 3 rings (SSSR count). The van der Waals surface area contributed by atoms with Gasteiger partial charge in [-0.15, -0.1) is 11.8 Å². The van der Waals surface area contributed by atoms with E-state index in [1.165, 1.54) is 37.4 Å². The molecule has 2 aromatic heterocycles. The number of hydrogen-bond donors (Lipinski definition) is 2. The maximum Gasteiger partial charge on any atom is 0.256 e. The first-order valence-corrected chi connectivity index (χ1v) is 9.49. The average Bonchev–Trinajstić information content (AvgIpc) is 3.09. The second-order valence-electron chi connectivity index (χ2n) is 5.68. The van der Waals surface area contributed by atoms with Crippen molar-refractivity contribution in [2.45, 2.75) is 39.5 Å². The fraction of sp³-hybridized carbons (Fsp3) is 0.444. The normalized spacial score (nSPS) is 14.1. The van der Waals surface area contributed by atoms with Crippen molar-refractivity contribution in [1.29, 1.82) is 0 Å². The molecule has 6 heteroatoms. The lowest BCUT2D eigenvalue weighted by molar-refractivity contribution is -0.113. The van der Waals surface area contributed by atoms with Crippen molar-refractivity contribution in [2.75, 3.05) is 17.2 Å². The molecule has 0 radical (unpaired) electrons. The van der Waals surface area contributed by atoms with Gasteiger partial charge >= 0.3 is 0 Å². The number of H-pyrrole nitrogens is 1. The van der Waals surface area contributed by atoms with Crippen LogP contribution in [0.25, 0.3) is 11.0 Å². The third kappa shape index (κ3) is 4.77. The molecule has 0 aromatic carbocycles. The molecule has 0 saturated heterocycles. The summed E-state index contributed by atoms with van der Waals surface area (Å²) in [4.78, 5) is 21.2. The van der Waals surface area contributed by atoms with Crippen molar-refractivity contribution in [3.05, 3.63) is 35.6 Å². The van der Waals surface area contributed by atoms with Crippen molar-refractivity contribution in [3.8, 4) is 0 Å². The number of primary amides is 1. The van der Waals surface area contributed by atoms with Crippen LogP contribution >= 0.6 is 11.8 Å². The summed E-state index contributed by atoms with van der Waals surface area (Å²) in [6.45, 7) is 5.32. The summed E-state index contributed by atoms with van der Waals surface area (Å²) >= 11 is 1.50. The third-order valence-corrected chi connectivity index (χ3v) is 4.81. The van der Waals surface area contributed by atoms with Gasteiger partial charge < -0.3 is 15.6 Å². The van der Waals surface area contributed by atoms with E-state index in [2.05, 4.69) is 28.7 Å². The summed E-state index contributed by atoms with van der Waals surface area (Å²) in [6, 6.07) is 3.93. The Kier molecular flexibility index (Phi) is 7.18. The zero-order valence-electron chi connectivity index (χ0n) is 14.4. The summed E-state index contributed by atoms with van der Waals surface area (Å²) in [5.41, 5.74) is 7.22. The summed E-state index contributed by atoms with van der Waals surface area (Å²) < 4.78 is 0. The minimum atomic E-state index is -0.371. The van der Waals surface area contributed by atoms with Crippen LogP contribution in [0.5, 0.6) is 0 Å². The second kappa shape index (κ2) is 9.37. The summed E-state index contributed by atoms with van der Waals surface area (Å²) in [5.74, 6) is 0.479. The van der Waals surface area contributed by atoms with E-state index in [1.54, 1.807) is 6.20 Å². The van der Waals surface area contributed by atoms with Gasteiger partial charge in [0.15, 0.2) is 0 Å². The molecule has 2 aromatic rings. The molecule has 0 saturated carbocycles. The minimum Gasteiger partial charge on any atom is -0.365 e. The van der Waals surface area contributed by atoms with Crippen molar-refractivity contribution in [3.63, 3.8) is 0 Å². The molecule has 24 heavy (non-hydrogen) atoms. The van der Waals surface area contributed by atoms with Crippen molar-refractivity contribution in [1.82, 2.24) is 9.97 Å². The lowest BCUT2D eigenvalue weighted by Crippen LogP contribution is -2.27. The predicted molar refractivity (Wildman–Crippen MR) is 103 cm³/mol. The lowest BCUT2D eigenvalue weighted by atomic mass is 10.2. The number of nitrogens with two attached hydrogens (primary N) is 1. The van der Waals surface area contributed by atoms with E-state index in [-0.39, 0.29) is 5.91 Å². The molecule has 0 spiro atoms. The maximum atomic E-state index is 11.2. The number of aromatic nitrogens is 2. The van der Waals surface area contributed by atoms with Crippen LogP contribution < -0.4 is 10.6 Å². The number of rotatable bonds is 5. The third-order valence-electron chi connectivity index (χ3n) is 3.81. The first-order valence-electron chi connectivity index (χ1n) is 8.50. The number of carbonyl (C=O) groups is 1. The standard InChI is InChI=1S/C12H12N4OS.C6H14/c13-11(17)10-7-16(5-6-18-10)9-2-4-15-12-8(9)1-3-14-12;1-3-5-6-4-2/h1-4,7H,5-6H2,(H2,13,17)(H,14,15);3-6H2,1-2H3. The molecule has 0 unspecified atom stereocenters. The average molecular weight is 347 g/mol. The highest BCUT2D eigenvalue weighted by Crippen LogP contribution is 2.30. The molecule has 130 valence electrons. The molecule has 0 fully saturated rings. The summed E-state index contributed by atoms with van der Waals surface area (Å²) in [5, 5.41) is 1.05. The topological polar surface area (TPSA) is 75.0 Å². The van der Waals surface area contributed by atoms with Crippen LogP contribution in [0.15, 0.2) is 35.6 Å². The molecule has 1 amide bonds. The molecular weight excluding hydrogens is 320 g/mol. The van der Waals surface area contributed by atoms with Crippen LogP contribution in [0.2, 0.25) is 0 Å². The van der Waals surface area contributed by atoms with Gasteiger partial charge in [-0.05, 0) is 12.1 Å². The number of thioether (sulfide) groups is 1. The number of unbranched alkanes of at least 4 members (excludes halogenated alkanes) is 3. The predicted octanol–water partition coefficient (Wildman–Crippen LogP) is 4.03. The highest BCUT2D eigenvalue weighted by molar-refractivity contribution is 8.04. The number of aromatic amines is 1. The van der Waals surface area contributed by atoms with Gasteiger partial charge in [0.1, 0.15) is 5.65 Å². The lowest BCUT2D eigenvalue weighted by Gasteiger charge is -2.25. The molecule has 3 N–H and O–H groups in total. The number of hydrogen-bond acceptors (Lipinski definition) is 4. The molecule has 1 aliphatic heterocycles. The molecule has 0 bridgehead atoms. The SMILES string of the molecule is CCCCCC.NC(=O)C1=CN(c2ccnc3[nH]ccc23)CCS1. The zero-order chi connectivity index (χ0) is 17.4. The Bertz CT molecular complexity index is 691. The Hall–Kier alpha value is -1.95. The Morgan fingerprint density at radius 1 is 1.33 bits per heavy atom.